The third kappa shape index (κ3) is 5.77. The summed E-state index contributed by atoms with van der Waals surface area (Å²) in [7, 11) is 0. The highest BCUT2D eigenvalue weighted by Crippen LogP contribution is 2.29. The molecule has 0 bridgehead atoms. The molecule has 0 spiro atoms. The van der Waals surface area contributed by atoms with E-state index in [1.54, 1.807) is 36.4 Å². The van der Waals surface area contributed by atoms with Crippen molar-refractivity contribution in [2.45, 2.75) is 19.3 Å². The highest BCUT2D eigenvalue weighted by molar-refractivity contribution is 6.30. The van der Waals surface area contributed by atoms with Gasteiger partial charge >= 0.3 is 0 Å². The maximum absolute atomic E-state index is 12.5. The number of anilines is 5. The first-order chi connectivity index (χ1) is 17.5. The van der Waals surface area contributed by atoms with Crippen LogP contribution in [0, 0.1) is 0 Å². The van der Waals surface area contributed by atoms with Gasteiger partial charge in [0.1, 0.15) is 5.75 Å². The Morgan fingerprint density at radius 3 is 2.22 bits per heavy atom. The molecule has 36 heavy (non-hydrogen) atoms. The third-order valence-corrected chi connectivity index (χ3v) is 6.51. The van der Waals surface area contributed by atoms with Crippen molar-refractivity contribution in [2.24, 2.45) is 0 Å². The standard InChI is InChI=1S/C25H29ClN8O2/c26-18-6-4-17(5-7-18)22(36)29-20-9-8-19(16-21(20)35)28-23-30-24(33-12-2-1-3-13-33)32-25(31-23)34-14-10-27-11-15-34/h4-9,16,27,35H,1-3,10-15H2,(H,29,36)(H,28,30,31,32). The lowest BCUT2D eigenvalue weighted by Gasteiger charge is -2.30. The van der Waals surface area contributed by atoms with Crippen molar-refractivity contribution in [3.05, 3.63) is 53.1 Å². The number of hydrogen-bond acceptors (Lipinski definition) is 9. The van der Waals surface area contributed by atoms with Gasteiger partial charge < -0.3 is 30.9 Å². The molecule has 188 valence electrons. The van der Waals surface area contributed by atoms with E-state index in [2.05, 4.69) is 35.7 Å². The zero-order valence-corrected chi connectivity index (χ0v) is 20.6. The number of rotatable bonds is 6. The first-order valence-corrected chi connectivity index (χ1v) is 12.6. The number of amides is 1. The summed E-state index contributed by atoms with van der Waals surface area (Å²) in [4.78, 5) is 31.0. The zero-order valence-electron chi connectivity index (χ0n) is 19.9. The van der Waals surface area contributed by atoms with Crippen LogP contribution in [0.3, 0.4) is 0 Å². The number of phenols is 1. The van der Waals surface area contributed by atoms with Gasteiger partial charge in [0.25, 0.3) is 5.91 Å². The highest BCUT2D eigenvalue weighted by Gasteiger charge is 2.20. The number of piperazine rings is 1. The van der Waals surface area contributed by atoms with E-state index in [1.165, 1.54) is 12.5 Å². The van der Waals surface area contributed by atoms with Gasteiger partial charge in [-0.2, -0.15) is 15.0 Å². The lowest BCUT2D eigenvalue weighted by Crippen LogP contribution is -2.44. The molecule has 0 atom stereocenters. The molecule has 2 fully saturated rings. The minimum Gasteiger partial charge on any atom is -0.506 e. The molecular weight excluding hydrogens is 480 g/mol. The lowest BCUT2D eigenvalue weighted by molar-refractivity contribution is 0.102. The van der Waals surface area contributed by atoms with E-state index in [0.717, 1.165) is 52.1 Å². The normalized spacial score (nSPS) is 16.0. The molecule has 10 nitrogen and oxygen atoms in total. The second kappa shape index (κ2) is 11.0. The maximum Gasteiger partial charge on any atom is 0.255 e. The van der Waals surface area contributed by atoms with Gasteiger partial charge in [-0.1, -0.05) is 11.6 Å². The molecule has 3 aromatic rings. The number of benzene rings is 2. The summed E-state index contributed by atoms with van der Waals surface area (Å²) in [5, 5.41) is 20.4. The molecule has 2 saturated heterocycles. The smallest absolute Gasteiger partial charge is 0.255 e. The zero-order chi connectivity index (χ0) is 24.9. The fourth-order valence-electron chi connectivity index (χ4n) is 4.29. The van der Waals surface area contributed by atoms with Crippen LogP contribution in [0.25, 0.3) is 0 Å². The van der Waals surface area contributed by atoms with E-state index in [-0.39, 0.29) is 11.7 Å². The molecule has 1 aromatic heterocycles. The predicted octanol–water partition coefficient (Wildman–Crippen LogP) is 3.63. The summed E-state index contributed by atoms with van der Waals surface area (Å²) < 4.78 is 0. The number of phenolic OH excluding ortho intramolecular Hbond substituents is 1. The van der Waals surface area contributed by atoms with Crippen molar-refractivity contribution in [2.75, 3.05) is 59.7 Å². The molecule has 2 aliphatic rings. The quantitative estimate of drug-likeness (QED) is 0.370. The first kappa shape index (κ1) is 24.1. The highest BCUT2D eigenvalue weighted by atomic mass is 35.5. The van der Waals surface area contributed by atoms with Gasteiger partial charge in [-0.05, 0) is 55.7 Å². The second-order valence-electron chi connectivity index (χ2n) is 8.86. The molecule has 1 amide bonds. The van der Waals surface area contributed by atoms with Crippen molar-refractivity contribution >= 4 is 46.7 Å². The monoisotopic (exact) mass is 508 g/mol. The Hall–Kier alpha value is -3.63. The molecule has 0 saturated carbocycles. The van der Waals surface area contributed by atoms with Crippen LogP contribution in [0.15, 0.2) is 42.5 Å². The Balaban J connectivity index is 1.35. The number of carbonyl (C=O) groups is 1. The van der Waals surface area contributed by atoms with Crippen molar-refractivity contribution in [1.82, 2.24) is 20.3 Å². The van der Waals surface area contributed by atoms with Gasteiger partial charge in [0.05, 0.1) is 5.69 Å². The molecule has 0 radical (unpaired) electrons. The maximum atomic E-state index is 12.5. The molecule has 2 aromatic carbocycles. The Morgan fingerprint density at radius 2 is 1.56 bits per heavy atom. The number of aromatic nitrogens is 3. The Kier molecular flexibility index (Phi) is 7.33. The van der Waals surface area contributed by atoms with Crippen molar-refractivity contribution < 1.29 is 9.90 Å². The molecular formula is C25H29ClN8O2. The van der Waals surface area contributed by atoms with Crippen LogP contribution in [-0.2, 0) is 0 Å². The first-order valence-electron chi connectivity index (χ1n) is 12.2. The predicted molar refractivity (Wildman–Crippen MR) is 142 cm³/mol. The SMILES string of the molecule is O=C(Nc1ccc(Nc2nc(N3CCCCC3)nc(N3CCNCC3)n2)cc1O)c1ccc(Cl)cc1. The molecule has 11 heteroatoms. The van der Waals surface area contributed by atoms with Crippen molar-refractivity contribution in [3.63, 3.8) is 0 Å². The van der Waals surface area contributed by atoms with Crippen LogP contribution < -0.4 is 25.8 Å². The minimum atomic E-state index is -0.341. The van der Waals surface area contributed by atoms with Crippen LogP contribution in [0.5, 0.6) is 5.75 Å². The average Bonchev–Trinajstić information content (AvgIpc) is 2.91. The van der Waals surface area contributed by atoms with Gasteiger partial charge in [-0.15, -0.1) is 0 Å². The number of aromatic hydroxyl groups is 1. The van der Waals surface area contributed by atoms with Crippen LogP contribution in [0.1, 0.15) is 29.6 Å². The molecule has 4 N–H and O–H groups in total. The Labute approximate surface area is 214 Å². The van der Waals surface area contributed by atoms with E-state index >= 15 is 0 Å². The van der Waals surface area contributed by atoms with Crippen LogP contribution >= 0.6 is 11.6 Å². The van der Waals surface area contributed by atoms with Crippen LogP contribution in [-0.4, -0.2) is 65.2 Å². The summed E-state index contributed by atoms with van der Waals surface area (Å²) in [6, 6.07) is 11.5. The van der Waals surface area contributed by atoms with E-state index in [4.69, 9.17) is 16.6 Å². The van der Waals surface area contributed by atoms with Gasteiger partial charge in [-0.25, -0.2) is 0 Å². The second-order valence-corrected chi connectivity index (χ2v) is 9.30. The summed E-state index contributed by atoms with van der Waals surface area (Å²) >= 11 is 5.89. The average molecular weight is 509 g/mol. The van der Waals surface area contributed by atoms with Gasteiger partial charge in [0.2, 0.25) is 17.8 Å². The van der Waals surface area contributed by atoms with E-state index in [9.17, 15) is 9.90 Å². The molecule has 3 heterocycles. The number of carbonyl (C=O) groups excluding carboxylic acids is 1. The molecule has 0 unspecified atom stereocenters. The summed E-state index contributed by atoms with van der Waals surface area (Å²) in [5.74, 6) is 1.31. The van der Waals surface area contributed by atoms with E-state index in [0.29, 0.717) is 39.8 Å². The Bertz CT molecular complexity index is 1170. The topological polar surface area (TPSA) is 119 Å². The number of halogens is 1. The minimum absolute atomic E-state index is 0.0741. The molecule has 5 rings (SSSR count). The van der Waals surface area contributed by atoms with Gasteiger partial charge in [0, 0.05) is 61.6 Å². The summed E-state index contributed by atoms with van der Waals surface area (Å²) in [5.41, 5.74) is 1.34. The van der Waals surface area contributed by atoms with Gasteiger partial charge in [0.15, 0.2) is 0 Å². The van der Waals surface area contributed by atoms with Gasteiger partial charge in [-0.3, -0.25) is 4.79 Å². The molecule has 0 aliphatic carbocycles. The van der Waals surface area contributed by atoms with E-state index in [1.807, 2.05) is 0 Å². The fourth-order valence-corrected chi connectivity index (χ4v) is 4.42. The fraction of sp³-hybridized carbons (Fsp3) is 0.360. The van der Waals surface area contributed by atoms with Crippen molar-refractivity contribution in [1.29, 1.82) is 0 Å². The Morgan fingerprint density at radius 1 is 0.889 bits per heavy atom. The summed E-state index contributed by atoms with van der Waals surface area (Å²) in [6.07, 6.45) is 3.46. The number of piperidine rings is 1. The third-order valence-electron chi connectivity index (χ3n) is 6.26. The summed E-state index contributed by atoms with van der Waals surface area (Å²) in [6.45, 7) is 5.26. The molecule has 2 aliphatic heterocycles. The largest absolute Gasteiger partial charge is 0.506 e. The van der Waals surface area contributed by atoms with Crippen LogP contribution in [0.4, 0.5) is 29.2 Å². The van der Waals surface area contributed by atoms with E-state index < -0.39 is 0 Å². The number of nitrogens with zero attached hydrogens (tertiary/aromatic N) is 5. The number of nitrogens with one attached hydrogen (secondary N) is 3. The van der Waals surface area contributed by atoms with Crippen LogP contribution in [0.2, 0.25) is 5.02 Å². The number of hydrogen-bond donors (Lipinski definition) is 4. The van der Waals surface area contributed by atoms with Crippen molar-refractivity contribution in [3.8, 4) is 5.75 Å². The lowest BCUT2D eigenvalue weighted by atomic mass is 10.1.